The van der Waals surface area contributed by atoms with Crippen LogP contribution in [-0.2, 0) is 4.57 Å². The zero-order chi connectivity index (χ0) is 8.69. The number of benzene rings is 1. The number of hydrogen-bond donors (Lipinski definition) is 0. The second-order valence-electron chi connectivity index (χ2n) is 1.63. The summed E-state index contributed by atoms with van der Waals surface area (Å²) in [6.07, 6.45) is 0. The minimum atomic E-state index is -3.37. The maximum atomic E-state index is 8.48. The normalized spacial score (nSPS) is 8.00. The van der Waals surface area contributed by atoms with Crippen LogP contribution in [0, 0.1) is 0 Å². The van der Waals surface area contributed by atoms with Crippen molar-refractivity contribution in [3.05, 3.63) is 30.3 Å². The third-order valence-electron chi connectivity index (χ3n) is 0.800. The van der Waals surface area contributed by atoms with Crippen LogP contribution in [0.25, 0.3) is 0 Å². The van der Waals surface area contributed by atoms with Gasteiger partial charge in [-0.3, -0.25) is 0 Å². The molecule has 0 fully saturated rings. The number of rotatable bonds is 0. The van der Waals surface area contributed by atoms with Crippen molar-refractivity contribution in [2.45, 2.75) is 0 Å². The van der Waals surface area contributed by atoms with Crippen molar-refractivity contribution < 1.29 is 14.4 Å². The van der Waals surface area contributed by atoms with E-state index in [-0.39, 0.29) is 0 Å². The maximum absolute atomic E-state index is 8.48. The van der Waals surface area contributed by atoms with Gasteiger partial charge in [0.2, 0.25) is 0 Å². The molecule has 0 atom stereocenters. The Morgan fingerprint density at radius 2 is 1.55 bits per heavy atom. The molecule has 0 aliphatic carbocycles. The molecule has 0 N–H and O–H groups in total. The van der Waals surface area contributed by atoms with E-state index in [1.807, 2.05) is 30.3 Å². The van der Waals surface area contributed by atoms with Crippen LogP contribution in [0.15, 0.2) is 30.3 Å². The molecule has 0 heterocycles. The van der Waals surface area contributed by atoms with Crippen molar-refractivity contribution in [1.82, 2.24) is 0 Å². The van der Waals surface area contributed by atoms with Crippen LogP contribution in [0.4, 0.5) is 0 Å². The van der Waals surface area contributed by atoms with Gasteiger partial charge in [0.05, 0.1) is 0 Å². The fourth-order valence-corrected chi connectivity index (χ4v) is 0.675. The van der Waals surface area contributed by atoms with Crippen LogP contribution in [0.1, 0.15) is 0 Å². The molecule has 5 heteroatoms. The summed E-state index contributed by atoms with van der Waals surface area (Å²) in [6, 6.07) is 10.1. The summed E-state index contributed by atoms with van der Waals surface area (Å²) in [5.41, 5.74) is 0. The topological polar surface area (TPSA) is 63.2 Å². The van der Waals surface area contributed by atoms with Crippen LogP contribution >= 0.6 is 8.25 Å². The molecule has 0 unspecified atom stereocenters. The van der Waals surface area contributed by atoms with Gasteiger partial charge in [-0.15, -0.1) is 0 Å². The van der Waals surface area contributed by atoms with E-state index < -0.39 is 8.25 Å². The second-order valence-corrected chi connectivity index (χ2v) is 2.75. The summed E-state index contributed by atoms with van der Waals surface area (Å²) in [5.74, 6) is 0. The molecular weight excluding hydrogens is 178 g/mol. The van der Waals surface area contributed by atoms with Gasteiger partial charge in [-0.1, -0.05) is 4.57 Å². The van der Waals surface area contributed by atoms with Gasteiger partial charge in [0.25, 0.3) is 8.25 Å². The molecule has 0 aromatic heterocycles. The Labute approximate surface area is 74.1 Å². The molecule has 0 amide bonds. The molecule has 3 nitrogen and oxygen atoms in total. The monoisotopic (exact) mass is 183 g/mol. The summed E-state index contributed by atoms with van der Waals surface area (Å²) in [6.45, 7) is 0. The second kappa shape index (κ2) is 6.48. The van der Waals surface area contributed by atoms with E-state index in [2.05, 4.69) is 16.3 Å². The fraction of sp³-hybridized carbons (Fsp3) is 0. The van der Waals surface area contributed by atoms with Crippen molar-refractivity contribution in [2.75, 3.05) is 0 Å². The van der Waals surface area contributed by atoms with E-state index in [0.717, 1.165) is 0 Å². The quantitative estimate of drug-likeness (QED) is 0.376. The van der Waals surface area contributed by atoms with E-state index in [1.165, 1.54) is 4.43 Å². The molecule has 1 rings (SSSR count). The summed E-state index contributed by atoms with van der Waals surface area (Å²) < 4.78 is 9.72. The zero-order valence-electron chi connectivity index (χ0n) is 5.64. The molecule has 11 heavy (non-hydrogen) atoms. The first-order valence-corrected chi connectivity index (χ1v) is 4.42. The Bertz CT molecular complexity index is 210. The zero-order valence-corrected chi connectivity index (χ0v) is 7.69. The van der Waals surface area contributed by atoms with Crippen molar-refractivity contribution in [2.24, 2.45) is 0 Å². The van der Waals surface area contributed by atoms with Crippen molar-refractivity contribution >= 4 is 29.0 Å². The molecule has 0 saturated carbocycles. The molecule has 0 spiro atoms. The van der Waals surface area contributed by atoms with Crippen molar-refractivity contribution in [3.8, 4) is 0 Å². The Hall–Kier alpha value is -0.228. The summed E-state index contributed by atoms with van der Waals surface area (Å²) >= 11 is 2.63. The average molecular weight is 183 g/mol. The van der Waals surface area contributed by atoms with Crippen LogP contribution < -0.4 is 14.2 Å². The van der Waals surface area contributed by atoms with Gasteiger partial charge in [-0.25, -0.2) is 0 Å². The molecule has 0 radical (unpaired) electrons. The minimum absolute atomic E-state index is 1.24. The molecule has 1 aromatic carbocycles. The van der Waals surface area contributed by atoms with Gasteiger partial charge in [0, 0.05) is 0 Å². The summed E-state index contributed by atoms with van der Waals surface area (Å²) in [4.78, 5) is 17.0. The van der Waals surface area contributed by atoms with Crippen LogP contribution in [0.2, 0.25) is 0 Å². The Morgan fingerprint density at radius 1 is 1.18 bits per heavy atom. The number of hydrogen-bond acceptors (Lipinski definition) is 3. The van der Waals surface area contributed by atoms with Gasteiger partial charge in [-0.2, -0.15) is 0 Å². The Balaban J connectivity index is 0.000000218. The fourth-order valence-electron chi connectivity index (χ4n) is 0.453. The molecular formula is C6H5AlO3P+. The van der Waals surface area contributed by atoms with Crippen LogP contribution in [-0.4, -0.2) is 16.3 Å². The molecule has 0 aliphatic rings. The molecule has 1 aromatic rings. The van der Waals surface area contributed by atoms with E-state index in [9.17, 15) is 0 Å². The predicted molar refractivity (Wildman–Crippen MR) is 39.4 cm³/mol. The SMILES string of the molecule is O=[P+]([O-])[O-].[Al+2][c]1ccccc1. The van der Waals surface area contributed by atoms with Gasteiger partial charge < -0.3 is 9.79 Å². The summed E-state index contributed by atoms with van der Waals surface area (Å²) in [7, 11) is -3.37. The van der Waals surface area contributed by atoms with Crippen molar-refractivity contribution in [1.29, 1.82) is 0 Å². The first-order valence-electron chi connectivity index (χ1n) is 2.75. The van der Waals surface area contributed by atoms with Crippen LogP contribution in [0.3, 0.4) is 0 Å². The standard InChI is InChI=1S/C6H5.Al.HO3P/c1-2-4-6-5-3-1;;1-4(2)3/h1-5H;;(H,1,2,3)/q;+2;/p-1. The van der Waals surface area contributed by atoms with E-state index >= 15 is 0 Å². The van der Waals surface area contributed by atoms with Gasteiger partial charge in [-0.05, 0) is 0 Å². The molecule has 0 aliphatic heterocycles. The Kier molecular flexibility index (Phi) is 6.35. The van der Waals surface area contributed by atoms with Gasteiger partial charge in [0.1, 0.15) is 0 Å². The van der Waals surface area contributed by atoms with Crippen LogP contribution in [0.5, 0.6) is 0 Å². The third kappa shape index (κ3) is 9.77. The first-order chi connectivity index (χ1) is 5.13. The summed E-state index contributed by atoms with van der Waals surface area (Å²) in [5, 5.41) is 0. The van der Waals surface area contributed by atoms with E-state index in [0.29, 0.717) is 0 Å². The Morgan fingerprint density at radius 3 is 1.73 bits per heavy atom. The molecule has 0 bridgehead atoms. The average Bonchev–Trinajstić information content (AvgIpc) is 1.87. The third-order valence-corrected chi connectivity index (χ3v) is 1.18. The van der Waals surface area contributed by atoms with Gasteiger partial charge >= 0.3 is 51.0 Å². The molecule has 54 valence electrons. The van der Waals surface area contributed by atoms with Gasteiger partial charge in [0.15, 0.2) is 0 Å². The van der Waals surface area contributed by atoms with Crippen molar-refractivity contribution in [3.63, 3.8) is 0 Å². The molecule has 0 saturated heterocycles. The van der Waals surface area contributed by atoms with E-state index in [1.54, 1.807) is 0 Å². The van der Waals surface area contributed by atoms with E-state index in [4.69, 9.17) is 14.4 Å². The predicted octanol–water partition coefficient (Wildman–Crippen LogP) is -1.16. The first kappa shape index (κ1) is 10.8.